The van der Waals surface area contributed by atoms with E-state index in [-0.39, 0.29) is 22.6 Å². The maximum absolute atomic E-state index is 13.8. The lowest BCUT2D eigenvalue weighted by Gasteiger charge is -2.23. The molecule has 3 aromatic carbocycles. The number of hydrogen-bond acceptors (Lipinski definition) is 10. The number of carbonyl (C=O) groups is 2. The van der Waals surface area contributed by atoms with E-state index in [1.54, 1.807) is 36.4 Å². The van der Waals surface area contributed by atoms with Gasteiger partial charge in [0.15, 0.2) is 15.8 Å². The Bertz CT molecular complexity index is 1810. The standard InChI is InChI=1S/C33H30ClN3O6S2/c1-4-41-25-13-10-19(16-26(25)42-5-2)28-27(29(38)20-11-12-24-22(15-20)14-18(3)43-24)30(39)31(40)37(28)32-35-36-33(45-32)44-17-21-8-6-7-9-23(21)34/h6-13,15-16,18,28,38H,4-5,14,17H2,1-3H3/b29-27+/t18-,28+/m1/s1. The molecule has 12 heteroatoms. The van der Waals surface area contributed by atoms with Gasteiger partial charge in [0.25, 0.3) is 5.78 Å². The van der Waals surface area contributed by atoms with Gasteiger partial charge in [0, 0.05) is 22.8 Å². The molecule has 4 aromatic rings. The Morgan fingerprint density at radius 2 is 1.84 bits per heavy atom. The Labute approximate surface area is 273 Å². The largest absolute Gasteiger partial charge is 0.507 e. The van der Waals surface area contributed by atoms with Gasteiger partial charge in [0.2, 0.25) is 5.13 Å². The predicted octanol–water partition coefficient (Wildman–Crippen LogP) is 7.23. The number of fused-ring (bicyclic) bond motifs is 1. The molecule has 45 heavy (non-hydrogen) atoms. The first-order chi connectivity index (χ1) is 21.8. The number of benzene rings is 3. The molecule has 1 aromatic heterocycles. The van der Waals surface area contributed by atoms with E-state index in [9.17, 15) is 14.7 Å². The number of anilines is 1. The quantitative estimate of drug-likeness (QED) is 0.0617. The SMILES string of the molecule is CCOc1ccc([C@H]2/C(=C(\O)c3ccc4c(c3)C[C@@H](C)O4)C(=O)C(=O)N2c2nnc(SCc3ccccc3Cl)s2)cc1OCC. The third kappa shape index (κ3) is 6.12. The zero-order valence-corrected chi connectivity index (χ0v) is 27.2. The number of carbonyl (C=O) groups excluding carboxylic acids is 2. The van der Waals surface area contributed by atoms with Crippen molar-refractivity contribution in [3.63, 3.8) is 0 Å². The van der Waals surface area contributed by atoms with E-state index < -0.39 is 17.7 Å². The highest BCUT2D eigenvalue weighted by Crippen LogP contribution is 2.46. The van der Waals surface area contributed by atoms with E-state index in [1.165, 1.54) is 28.0 Å². The fourth-order valence-corrected chi connectivity index (χ4v) is 7.57. The van der Waals surface area contributed by atoms with Crippen LogP contribution in [0.15, 0.2) is 70.6 Å². The van der Waals surface area contributed by atoms with Crippen LogP contribution in [0.2, 0.25) is 5.02 Å². The van der Waals surface area contributed by atoms with Crippen LogP contribution in [0, 0.1) is 0 Å². The Kier molecular flexibility index (Phi) is 9.02. The molecule has 0 unspecified atom stereocenters. The van der Waals surface area contributed by atoms with Crippen LogP contribution in [0.5, 0.6) is 17.2 Å². The number of thioether (sulfide) groups is 1. The van der Waals surface area contributed by atoms with E-state index in [0.29, 0.717) is 57.4 Å². The summed E-state index contributed by atoms with van der Waals surface area (Å²) in [6.07, 6.45) is 0.677. The normalized spacial score (nSPS) is 18.6. The molecule has 1 amide bonds. The predicted molar refractivity (Wildman–Crippen MR) is 175 cm³/mol. The first kappa shape index (κ1) is 30.9. The highest BCUT2D eigenvalue weighted by atomic mass is 35.5. The minimum Gasteiger partial charge on any atom is -0.507 e. The van der Waals surface area contributed by atoms with Gasteiger partial charge in [-0.1, -0.05) is 59.0 Å². The van der Waals surface area contributed by atoms with Crippen molar-refractivity contribution in [1.82, 2.24) is 10.2 Å². The van der Waals surface area contributed by atoms with Crippen LogP contribution >= 0.6 is 34.7 Å². The van der Waals surface area contributed by atoms with Crippen molar-refractivity contribution in [3.05, 3.63) is 93.5 Å². The molecule has 0 bridgehead atoms. The molecule has 0 radical (unpaired) electrons. The molecular formula is C33H30ClN3O6S2. The molecule has 0 aliphatic carbocycles. The van der Waals surface area contributed by atoms with Crippen LogP contribution in [0.1, 0.15) is 49.1 Å². The highest BCUT2D eigenvalue weighted by Gasteiger charge is 2.48. The number of ether oxygens (including phenoxy) is 3. The molecule has 1 fully saturated rings. The topological polar surface area (TPSA) is 111 Å². The molecule has 9 nitrogen and oxygen atoms in total. The van der Waals surface area contributed by atoms with E-state index in [4.69, 9.17) is 25.8 Å². The van der Waals surface area contributed by atoms with Crippen LogP contribution in [0.25, 0.3) is 5.76 Å². The van der Waals surface area contributed by atoms with Crippen LogP contribution in [0.3, 0.4) is 0 Å². The van der Waals surface area contributed by atoms with E-state index >= 15 is 0 Å². The first-order valence-corrected chi connectivity index (χ1v) is 16.7. The smallest absolute Gasteiger partial charge is 0.301 e. The number of ketones is 1. The maximum Gasteiger partial charge on any atom is 0.301 e. The fourth-order valence-electron chi connectivity index (χ4n) is 5.42. The second-order valence-electron chi connectivity index (χ2n) is 10.4. The zero-order valence-electron chi connectivity index (χ0n) is 24.8. The van der Waals surface area contributed by atoms with Crippen LogP contribution in [-0.2, 0) is 21.8 Å². The lowest BCUT2D eigenvalue weighted by atomic mass is 9.94. The number of amides is 1. The minimum atomic E-state index is -1.00. The number of Topliss-reactive ketones (excluding diaryl/α,β-unsaturated/α-hetero) is 1. The number of aromatic nitrogens is 2. The Hall–Kier alpha value is -4.06. The molecule has 1 saturated heterocycles. The second kappa shape index (κ2) is 13.1. The van der Waals surface area contributed by atoms with Crippen molar-refractivity contribution in [3.8, 4) is 17.2 Å². The first-order valence-electron chi connectivity index (χ1n) is 14.5. The number of nitrogens with zero attached hydrogens (tertiary/aromatic N) is 3. The van der Waals surface area contributed by atoms with Gasteiger partial charge in [-0.2, -0.15) is 0 Å². The van der Waals surface area contributed by atoms with Crippen molar-refractivity contribution < 1.29 is 28.9 Å². The molecule has 232 valence electrons. The van der Waals surface area contributed by atoms with Gasteiger partial charge in [-0.05, 0) is 73.9 Å². The average Bonchev–Trinajstić information content (AvgIpc) is 3.72. The molecule has 2 aliphatic rings. The number of rotatable bonds is 10. The molecule has 2 atom stereocenters. The van der Waals surface area contributed by atoms with E-state index in [2.05, 4.69) is 10.2 Å². The van der Waals surface area contributed by atoms with Gasteiger partial charge in [-0.3, -0.25) is 14.5 Å². The summed E-state index contributed by atoms with van der Waals surface area (Å²) in [5, 5.41) is 21.2. The number of hydrogen-bond donors (Lipinski definition) is 1. The fraction of sp³-hybridized carbons (Fsp3) is 0.273. The van der Waals surface area contributed by atoms with Crippen molar-refractivity contribution in [2.45, 2.75) is 49.4 Å². The van der Waals surface area contributed by atoms with Gasteiger partial charge >= 0.3 is 5.91 Å². The average molecular weight is 664 g/mol. The zero-order chi connectivity index (χ0) is 31.7. The molecular weight excluding hydrogens is 634 g/mol. The summed E-state index contributed by atoms with van der Waals surface area (Å²) in [6.45, 7) is 6.50. The van der Waals surface area contributed by atoms with Gasteiger partial charge in [0.05, 0.1) is 24.8 Å². The number of aliphatic hydroxyl groups excluding tert-OH is 1. The monoisotopic (exact) mass is 663 g/mol. The van der Waals surface area contributed by atoms with E-state index in [0.717, 1.165) is 16.9 Å². The lowest BCUT2D eigenvalue weighted by Crippen LogP contribution is -2.29. The van der Waals surface area contributed by atoms with Crippen molar-refractivity contribution in [2.24, 2.45) is 0 Å². The van der Waals surface area contributed by atoms with Crippen molar-refractivity contribution >= 4 is 57.3 Å². The molecule has 3 heterocycles. The van der Waals surface area contributed by atoms with Gasteiger partial charge in [0.1, 0.15) is 17.6 Å². The summed E-state index contributed by atoms with van der Waals surface area (Å²) < 4.78 is 18.0. The van der Waals surface area contributed by atoms with Crippen LogP contribution in [0.4, 0.5) is 5.13 Å². The maximum atomic E-state index is 13.8. The molecule has 2 aliphatic heterocycles. The van der Waals surface area contributed by atoms with E-state index in [1.807, 2.05) is 45.0 Å². The molecule has 0 saturated carbocycles. The third-order valence-corrected chi connectivity index (χ3v) is 9.88. The number of aliphatic hydroxyl groups is 1. The lowest BCUT2D eigenvalue weighted by molar-refractivity contribution is -0.132. The Morgan fingerprint density at radius 1 is 1.07 bits per heavy atom. The Balaban J connectivity index is 1.43. The number of halogens is 1. The van der Waals surface area contributed by atoms with Gasteiger partial charge in [-0.25, -0.2) is 0 Å². The third-order valence-electron chi connectivity index (χ3n) is 7.41. The minimum absolute atomic E-state index is 0.00574. The van der Waals surface area contributed by atoms with Crippen molar-refractivity contribution in [2.75, 3.05) is 18.1 Å². The summed E-state index contributed by atoms with van der Waals surface area (Å²) in [6, 6.07) is 17.0. The highest BCUT2D eigenvalue weighted by molar-refractivity contribution is 8.00. The summed E-state index contributed by atoms with van der Waals surface area (Å²) in [5.74, 6) is 0.349. The van der Waals surface area contributed by atoms with Crippen LogP contribution < -0.4 is 19.1 Å². The van der Waals surface area contributed by atoms with Gasteiger partial charge in [-0.15, -0.1) is 10.2 Å². The summed E-state index contributed by atoms with van der Waals surface area (Å²) in [5.41, 5.74) is 2.76. The summed E-state index contributed by atoms with van der Waals surface area (Å²) >= 11 is 8.94. The summed E-state index contributed by atoms with van der Waals surface area (Å²) in [4.78, 5) is 28.8. The second-order valence-corrected chi connectivity index (χ2v) is 13.0. The van der Waals surface area contributed by atoms with Crippen molar-refractivity contribution in [1.29, 1.82) is 0 Å². The summed E-state index contributed by atoms with van der Waals surface area (Å²) in [7, 11) is 0. The van der Waals surface area contributed by atoms with Crippen LogP contribution in [-0.4, -0.2) is 46.3 Å². The van der Waals surface area contributed by atoms with Gasteiger partial charge < -0.3 is 19.3 Å². The Morgan fingerprint density at radius 3 is 2.62 bits per heavy atom. The molecule has 1 N–H and O–H groups in total. The molecule has 0 spiro atoms. The molecule has 6 rings (SSSR count).